The van der Waals surface area contributed by atoms with Gasteiger partial charge in [-0.1, -0.05) is 30.0 Å². The van der Waals surface area contributed by atoms with E-state index in [4.69, 9.17) is 0 Å². The lowest BCUT2D eigenvalue weighted by molar-refractivity contribution is -0.128. The van der Waals surface area contributed by atoms with Crippen LogP contribution in [0.3, 0.4) is 0 Å². The van der Waals surface area contributed by atoms with Gasteiger partial charge in [0.1, 0.15) is 0 Å². The Kier molecular flexibility index (Phi) is 1.83. The molecule has 3 nitrogen and oxygen atoms in total. The van der Waals surface area contributed by atoms with Crippen LogP contribution >= 0.6 is 0 Å². The second-order valence-electron chi connectivity index (χ2n) is 4.25. The van der Waals surface area contributed by atoms with Crippen LogP contribution in [0.15, 0.2) is 24.3 Å². The molecule has 3 heteroatoms. The number of rotatable bonds is 0. The van der Waals surface area contributed by atoms with E-state index in [0.717, 1.165) is 12.8 Å². The Morgan fingerprint density at radius 3 is 2.88 bits per heavy atom. The third kappa shape index (κ3) is 1.31. The number of aliphatic hydroxyl groups is 1. The van der Waals surface area contributed by atoms with Crippen LogP contribution in [0.4, 0.5) is 5.69 Å². The molecule has 3 rings (SSSR count). The van der Waals surface area contributed by atoms with E-state index in [1.807, 2.05) is 6.07 Å². The Balaban J connectivity index is 2.06. The highest BCUT2D eigenvalue weighted by atomic mass is 16.3. The van der Waals surface area contributed by atoms with Gasteiger partial charge in [0, 0.05) is 17.2 Å². The number of hydrogen-bond donors (Lipinski definition) is 2. The first-order chi connectivity index (χ1) is 7.70. The fourth-order valence-electron chi connectivity index (χ4n) is 1.80. The molecular weight excluding hydrogens is 202 g/mol. The number of benzene rings is 1. The summed E-state index contributed by atoms with van der Waals surface area (Å²) in [5, 5.41) is 12.9. The summed E-state index contributed by atoms with van der Waals surface area (Å²) in [4.78, 5) is 11.7. The van der Waals surface area contributed by atoms with Crippen molar-refractivity contribution in [2.75, 3.05) is 5.32 Å². The van der Waals surface area contributed by atoms with Crippen molar-refractivity contribution in [2.24, 2.45) is 5.92 Å². The van der Waals surface area contributed by atoms with E-state index in [1.165, 1.54) is 0 Å². The first-order valence-electron chi connectivity index (χ1n) is 5.36. The minimum Gasteiger partial charge on any atom is -0.366 e. The summed E-state index contributed by atoms with van der Waals surface area (Å²) in [7, 11) is 0. The lowest BCUT2D eigenvalue weighted by Crippen LogP contribution is -2.32. The van der Waals surface area contributed by atoms with Gasteiger partial charge in [-0.3, -0.25) is 4.79 Å². The molecule has 0 radical (unpaired) electrons. The Morgan fingerprint density at radius 1 is 1.38 bits per heavy atom. The van der Waals surface area contributed by atoms with Crippen molar-refractivity contribution in [1.29, 1.82) is 0 Å². The molecule has 1 unspecified atom stereocenters. The van der Waals surface area contributed by atoms with E-state index in [0.29, 0.717) is 17.2 Å². The van der Waals surface area contributed by atoms with Gasteiger partial charge in [-0.2, -0.15) is 0 Å². The Labute approximate surface area is 93.5 Å². The summed E-state index contributed by atoms with van der Waals surface area (Å²) >= 11 is 0. The van der Waals surface area contributed by atoms with Crippen LogP contribution in [0.25, 0.3) is 0 Å². The van der Waals surface area contributed by atoms with Crippen molar-refractivity contribution in [3.05, 3.63) is 29.8 Å². The molecule has 1 saturated carbocycles. The number of amides is 1. The summed E-state index contributed by atoms with van der Waals surface area (Å²) in [6.07, 6.45) is 2.15. The average molecular weight is 213 g/mol. The normalized spacial score (nSPS) is 26.7. The summed E-state index contributed by atoms with van der Waals surface area (Å²) in [6.45, 7) is 0. The molecule has 1 heterocycles. The number of fused-ring (bicyclic) bond motifs is 1. The predicted molar refractivity (Wildman–Crippen MR) is 59.5 cm³/mol. The van der Waals surface area contributed by atoms with Crippen LogP contribution in [-0.4, -0.2) is 11.0 Å². The lowest BCUT2D eigenvalue weighted by Gasteiger charge is -2.12. The van der Waals surface area contributed by atoms with Crippen molar-refractivity contribution in [3.63, 3.8) is 0 Å². The van der Waals surface area contributed by atoms with Crippen LogP contribution in [0.5, 0.6) is 0 Å². The van der Waals surface area contributed by atoms with Crippen LogP contribution in [0.2, 0.25) is 0 Å². The Morgan fingerprint density at radius 2 is 2.12 bits per heavy atom. The molecule has 0 aromatic heterocycles. The smallest absolute Gasteiger partial charge is 0.274 e. The quantitative estimate of drug-likeness (QED) is 0.637. The molecule has 0 spiro atoms. The van der Waals surface area contributed by atoms with E-state index in [1.54, 1.807) is 18.2 Å². The number of hydrogen-bond acceptors (Lipinski definition) is 2. The highest BCUT2D eigenvalue weighted by molar-refractivity contribution is 6.07. The van der Waals surface area contributed by atoms with Crippen molar-refractivity contribution in [2.45, 2.75) is 18.4 Å². The van der Waals surface area contributed by atoms with Gasteiger partial charge in [0.15, 0.2) is 0 Å². The van der Waals surface area contributed by atoms with Gasteiger partial charge in [0.2, 0.25) is 5.60 Å². The zero-order chi connectivity index (χ0) is 11.2. The first-order valence-corrected chi connectivity index (χ1v) is 5.36. The van der Waals surface area contributed by atoms with Crippen LogP contribution in [-0.2, 0) is 10.4 Å². The van der Waals surface area contributed by atoms with Crippen molar-refractivity contribution in [3.8, 4) is 11.8 Å². The minimum absolute atomic E-state index is 0.365. The van der Waals surface area contributed by atoms with Crippen LogP contribution in [0.1, 0.15) is 18.4 Å². The maximum absolute atomic E-state index is 11.7. The molecule has 0 saturated heterocycles. The van der Waals surface area contributed by atoms with E-state index in [9.17, 15) is 9.90 Å². The number of anilines is 1. The average Bonchev–Trinajstić information content (AvgIpc) is 3.07. The van der Waals surface area contributed by atoms with Gasteiger partial charge >= 0.3 is 0 Å². The molecule has 1 aliphatic heterocycles. The van der Waals surface area contributed by atoms with E-state index < -0.39 is 11.5 Å². The molecule has 1 aromatic carbocycles. The Hall–Kier alpha value is -1.79. The second kappa shape index (κ2) is 3.10. The van der Waals surface area contributed by atoms with Crippen molar-refractivity contribution in [1.82, 2.24) is 0 Å². The molecule has 1 fully saturated rings. The fraction of sp³-hybridized carbons (Fsp3) is 0.308. The molecule has 80 valence electrons. The van der Waals surface area contributed by atoms with Gasteiger partial charge in [0.05, 0.1) is 0 Å². The maximum atomic E-state index is 11.7. The number of nitrogens with one attached hydrogen (secondary N) is 1. The van der Waals surface area contributed by atoms with E-state index in [2.05, 4.69) is 17.2 Å². The topological polar surface area (TPSA) is 49.3 Å². The SMILES string of the molecule is O=C1Nc2ccccc2C1(O)C#CC1CC1. The minimum atomic E-state index is -1.65. The Bertz CT molecular complexity index is 522. The molecule has 2 aliphatic rings. The van der Waals surface area contributed by atoms with Gasteiger partial charge in [0.25, 0.3) is 5.91 Å². The molecule has 0 bridgehead atoms. The molecule has 1 amide bonds. The van der Waals surface area contributed by atoms with Crippen molar-refractivity contribution >= 4 is 11.6 Å². The van der Waals surface area contributed by atoms with Gasteiger partial charge < -0.3 is 10.4 Å². The molecule has 2 N–H and O–H groups in total. The monoisotopic (exact) mass is 213 g/mol. The third-order valence-electron chi connectivity index (χ3n) is 2.93. The summed E-state index contributed by atoms with van der Waals surface area (Å²) < 4.78 is 0. The highest BCUT2D eigenvalue weighted by Crippen LogP contribution is 2.36. The van der Waals surface area contributed by atoms with Gasteiger partial charge in [-0.15, -0.1) is 0 Å². The summed E-state index contributed by atoms with van der Waals surface area (Å²) in [6, 6.07) is 7.11. The first kappa shape index (κ1) is 9.44. The molecule has 1 aromatic rings. The number of carbonyl (C=O) groups excluding carboxylic acids is 1. The zero-order valence-electron chi connectivity index (χ0n) is 8.66. The van der Waals surface area contributed by atoms with E-state index >= 15 is 0 Å². The van der Waals surface area contributed by atoms with Crippen LogP contribution < -0.4 is 5.32 Å². The third-order valence-corrected chi connectivity index (χ3v) is 2.93. The lowest BCUT2D eigenvalue weighted by atomic mass is 9.96. The maximum Gasteiger partial charge on any atom is 0.274 e. The summed E-state index contributed by atoms with van der Waals surface area (Å²) in [5.74, 6) is 5.59. The molecule has 16 heavy (non-hydrogen) atoms. The molecule has 1 aliphatic carbocycles. The van der Waals surface area contributed by atoms with E-state index in [-0.39, 0.29) is 0 Å². The van der Waals surface area contributed by atoms with Crippen LogP contribution in [0, 0.1) is 17.8 Å². The molecular formula is C13H11NO2. The number of para-hydroxylation sites is 1. The van der Waals surface area contributed by atoms with Gasteiger partial charge in [-0.25, -0.2) is 0 Å². The van der Waals surface area contributed by atoms with Crippen molar-refractivity contribution < 1.29 is 9.90 Å². The highest BCUT2D eigenvalue weighted by Gasteiger charge is 2.44. The molecule has 1 atom stereocenters. The predicted octanol–water partition coefficient (Wildman–Crippen LogP) is 1.24. The zero-order valence-corrected chi connectivity index (χ0v) is 8.66. The fourth-order valence-corrected chi connectivity index (χ4v) is 1.80. The summed E-state index contributed by atoms with van der Waals surface area (Å²) in [5.41, 5.74) is -0.438. The standard InChI is InChI=1S/C13H11NO2/c15-12-13(16,8-7-9-5-6-9)10-3-1-2-4-11(10)14-12/h1-4,9,16H,5-6H2,(H,14,15). The largest absolute Gasteiger partial charge is 0.366 e. The number of carbonyl (C=O) groups is 1. The second-order valence-corrected chi connectivity index (χ2v) is 4.25. The van der Waals surface area contributed by atoms with Gasteiger partial charge in [-0.05, 0) is 18.9 Å².